The topological polar surface area (TPSA) is 58.2 Å². The van der Waals surface area contributed by atoms with Crippen LogP contribution in [0.4, 0.5) is 13.2 Å². The van der Waals surface area contributed by atoms with Gasteiger partial charge >= 0.3 is 0 Å². The molecule has 1 heterocycles. The Morgan fingerprint density at radius 2 is 1.95 bits per heavy atom. The Balaban J connectivity index is 2.29. The van der Waals surface area contributed by atoms with E-state index in [-0.39, 0.29) is 5.92 Å². The van der Waals surface area contributed by atoms with Gasteiger partial charge in [0.15, 0.2) is 17.5 Å². The fourth-order valence-electron chi connectivity index (χ4n) is 2.13. The zero-order valence-corrected chi connectivity index (χ0v) is 11.6. The third-order valence-corrected chi connectivity index (χ3v) is 4.93. The predicted octanol–water partition coefficient (Wildman–Crippen LogP) is 1.38. The third kappa shape index (κ3) is 2.97. The molecule has 0 spiro atoms. The van der Waals surface area contributed by atoms with E-state index in [1.807, 2.05) is 6.92 Å². The van der Waals surface area contributed by atoms with Gasteiger partial charge in [-0.1, -0.05) is 6.92 Å². The van der Waals surface area contributed by atoms with E-state index < -0.39 is 38.4 Å². The van der Waals surface area contributed by atoms with Crippen LogP contribution in [0, 0.1) is 23.4 Å². The fraction of sp³-hybridized carbons (Fsp3) is 0.500. The van der Waals surface area contributed by atoms with Crippen molar-refractivity contribution in [1.82, 2.24) is 10.0 Å². The Bertz CT molecular complexity index is 607. The summed E-state index contributed by atoms with van der Waals surface area (Å²) in [5.41, 5.74) is 0. The maximum atomic E-state index is 13.6. The molecule has 0 aromatic heterocycles. The number of halogens is 3. The molecule has 1 aliphatic heterocycles. The monoisotopic (exact) mass is 308 g/mol. The molecule has 0 radical (unpaired) electrons. The summed E-state index contributed by atoms with van der Waals surface area (Å²) in [6, 6.07) is 0.897. The number of benzene rings is 1. The second-order valence-electron chi connectivity index (χ2n) is 4.87. The van der Waals surface area contributed by atoms with Gasteiger partial charge in [0.25, 0.3) is 0 Å². The van der Waals surface area contributed by atoms with Crippen LogP contribution in [0.15, 0.2) is 17.0 Å². The van der Waals surface area contributed by atoms with Crippen molar-refractivity contribution in [3.05, 3.63) is 29.6 Å². The smallest absolute Gasteiger partial charge is 0.243 e. The van der Waals surface area contributed by atoms with Crippen LogP contribution in [-0.4, -0.2) is 27.5 Å². The minimum atomic E-state index is -4.23. The molecule has 112 valence electrons. The van der Waals surface area contributed by atoms with E-state index in [9.17, 15) is 21.6 Å². The van der Waals surface area contributed by atoms with E-state index in [0.717, 1.165) is 19.0 Å². The van der Waals surface area contributed by atoms with Crippen LogP contribution in [0.25, 0.3) is 0 Å². The van der Waals surface area contributed by atoms with Crippen LogP contribution in [-0.2, 0) is 10.0 Å². The lowest BCUT2D eigenvalue weighted by molar-refractivity contribution is 0.326. The first kappa shape index (κ1) is 15.3. The van der Waals surface area contributed by atoms with Crippen molar-refractivity contribution in [3.63, 3.8) is 0 Å². The largest absolute Gasteiger partial charge is 0.315 e. The molecule has 0 amide bonds. The van der Waals surface area contributed by atoms with E-state index in [1.165, 1.54) is 0 Å². The molecule has 0 aliphatic carbocycles. The fourth-order valence-corrected chi connectivity index (χ4v) is 3.54. The van der Waals surface area contributed by atoms with Crippen LogP contribution in [0.5, 0.6) is 0 Å². The molecule has 20 heavy (non-hydrogen) atoms. The molecule has 2 N–H and O–H groups in total. The Morgan fingerprint density at radius 3 is 2.60 bits per heavy atom. The molecule has 0 saturated carbocycles. The van der Waals surface area contributed by atoms with E-state index in [4.69, 9.17) is 0 Å². The standard InChI is InChI=1S/C12H15F3N2O2S/c1-7-4-5-16-6-9(7)17-20(18,19)10-3-2-8(13)11(14)12(10)15/h2-3,7,9,16-17H,4-6H2,1H3. The Labute approximate surface area is 115 Å². The first-order valence-corrected chi connectivity index (χ1v) is 7.68. The lowest BCUT2D eigenvalue weighted by Gasteiger charge is -2.30. The lowest BCUT2D eigenvalue weighted by atomic mass is 9.96. The number of hydrogen-bond acceptors (Lipinski definition) is 3. The average Bonchev–Trinajstić information content (AvgIpc) is 2.38. The highest BCUT2D eigenvalue weighted by Gasteiger charge is 2.29. The average molecular weight is 308 g/mol. The summed E-state index contributed by atoms with van der Waals surface area (Å²) in [6.45, 7) is 3.06. The third-order valence-electron chi connectivity index (χ3n) is 3.42. The van der Waals surface area contributed by atoms with Gasteiger partial charge in [-0.3, -0.25) is 0 Å². The van der Waals surface area contributed by atoms with Crippen LogP contribution in [0.2, 0.25) is 0 Å². The van der Waals surface area contributed by atoms with Gasteiger partial charge in [0.1, 0.15) is 4.90 Å². The van der Waals surface area contributed by atoms with Gasteiger partial charge in [0.05, 0.1) is 0 Å². The minimum Gasteiger partial charge on any atom is -0.315 e. The number of rotatable bonds is 3. The molecular formula is C12H15F3N2O2S. The normalized spacial score (nSPS) is 23.8. The summed E-state index contributed by atoms with van der Waals surface area (Å²) in [5, 5.41) is 3.02. The van der Waals surface area contributed by atoms with Gasteiger partial charge < -0.3 is 5.32 Å². The first-order chi connectivity index (χ1) is 9.33. The van der Waals surface area contributed by atoms with Crippen molar-refractivity contribution in [2.75, 3.05) is 13.1 Å². The second kappa shape index (κ2) is 5.71. The van der Waals surface area contributed by atoms with Gasteiger partial charge in [-0.25, -0.2) is 26.3 Å². The zero-order chi connectivity index (χ0) is 14.9. The highest BCUT2D eigenvalue weighted by atomic mass is 32.2. The molecule has 2 rings (SSSR count). The van der Waals surface area contributed by atoms with Crippen LogP contribution in [0.1, 0.15) is 13.3 Å². The van der Waals surface area contributed by atoms with Crippen molar-refractivity contribution >= 4 is 10.0 Å². The van der Waals surface area contributed by atoms with Crippen molar-refractivity contribution in [2.24, 2.45) is 5.92 Å². The molecule has 8 heteroatoms. The quantitative estimate of drug-likeness (QED) is 0.830. The Morgan fingerprint density at radius 1 is 1.25 bits per heavy atom. The molecule has 2 atom stereocenters. The zero-order valence-electron chi connectivity index (χ0n) is 10.8. The SMILES string of the molecule is CC1CCNCC1NS(=O)(=O)c1ccc(F)c(F)c1F. The predicted molar refractivity (Wildman–Crippen MR) is 67.1 cm³/mol. The van der Waals surface area contributed by atoms with Gasteiger partial charge in [0, 0.05) is 12.6 Å². The molecule has 1 fully saturated rings. The Kier molecular flexibility index (Phi) is 4.36. The summed E-state index contributed by atoms with van der Waals surface area (Å²) in [7, 11) is -4.23. The van der Waals surface area contributed by atoms with Crippen molar-refractivity contribution in [3.8, 4) is 0 Å². The van der Waals surface area contributed by atoms with Crippen molar-refractivity contribution in [1.29, 1.82) is 0 Å². The van der Waals surface area contributed by atoms with E-state index in [2.05, 4.69) is 10.0 Å². The van der Waals surface area contributed by atoms with Crippen LogP contribution < -0.4 is 10.0 Å². The lowest BCUT2D eigenvalue weighted by Crippen LogP contribution is -2.50. The van der Waals surface area contributed by atoms with Crippen molar-refractivity contribution in [2.45, 2.75) is 24.3 Å². The summed E-state index contributed by atoms with van der Waals surface area (Å²) in [5.74, 6) is -4.84. The maximum absolute atomic E-state index is 13.6. The number of piperidine rings is 1. The van der Waals surface area contributed by atoms with E-state index in [0.29, 0.717) is 12.6 Å². The molecule has 2 unspecified atom stereocenters. The highest BCUT2D eigenvalue weighted by Crippen LogP contribution is 2.21. The van der Waals surface area contributed by atoms with Crippen LogP contribution >= 0.6 is 0 Å². The van der Waals surface area contributed by atoms with Gasteiger partial charge in [-0.2, -0.15) is 0 Å². The molecular weight excluding hydrogens is 293 g/mol. The minimum absolute atomic E-state index is 0.0689. The number of sulfonamides is 1. The Hall–Kier alpha value is -1.12. The van der Waals surface area contributed by atoms with Crippen LogP contribution in [0.3, 0.4) is 0 Å². The maximum Gasteiger partial charge on any atom is 0.243 e. The van der Waals surface area contributed by atoms with Crippen molar-refractivity contribution < 1.29 is 21.6 Å². The molecule has 1 saturated heterocycles. The number of nitrogens with one attached hydrogen (secondary N) is 2. The molecule has 1 aromatic carbocycles. The van der Waals surface area contributed by atoms with Gasteiger partial charge in [-0.05, 0) is 31.0 Å². The first-order valence-electron chi connectivity index (χ1n) is 6.19. The highest BCUT2D eigenvalue weighted by molar-refractivity contribution is 7.89. The summed E-state index contributed by atoms with van der Waals surface area (Å²) in [6.07, 6.45) is 0.771. The summed E-state index contributed by atoms with van der Waals surface area (Å²) >= 11 is 0. The molecule has 1 aliphatic rings. The van der Waals surface area contributed by atoms with Gasteiger partial charge in [0.2, 0.25) is 10.0 Å². The number of hydrogen-bond donors (Lipinski definition) is 2. The molecule has 1 aromatic rings. The van der Waals surface area contributed by atoms with E-state index >= 15 is 0 Å². The van der Waals surface area contributed by atoms with E-state index in [1.54, 1.807) is 0 Å². The second-order valence-corrected chi connectivity index (χ2v) is 6.55. The molecule has 0 bridgehead atoms. The summed E-state index contributed by atoms with van der Waals surface area (Å²) < 4.78 is 66.0. The molecule has 4 nitrogen and oxygen atoms in total. The summed E-state index contributed by atoms with van der Waals surface area (Å²) in [4.78, 5) is -0.880. The van der Waals surface area contributed by atoms with Gasteiger partial charge in [-0.15, -0.1) is 0 Å².